The lowest BCUT2D eigenvalue weighted by atomic mass is 10.2. The highest BCUT2D eigenvalue weighted by Gasteiger charge is 2.18. The zero-order valence-electron chi connectivity index (χ0n) is 11.8. The normalized spacial score (nSPS) is 16.1. The van der Waals surface area contributed by atoms with Gasteiger partial charge in [0.25, 0.3) is 0 Å². The van der Waals surface area contributed by atoms with E-state index in [2.05, 4.69) is 35.4 Å². The zero-order valence-corrected chi connectivity index (χ0v) is 14.3. The Morgan fingerprint density at radius 2 is 2.25 bits per heavy atom. The number of thiophene rings is 1. The van der Waals surface area contributed by atoms with Crippen LogP contribution in [0.25, 0.3) is 9.88 Å². The molecule has 108 valence electrons. The van der Waals surface area contributed by atoms with E-state index >= 15 is 0 Å². The number of aryl methyl sites for hydroxylation is 1. The Balaban J connectivity index is 1.77. The summed E-state index contributed by atoms with van der Waals surface area (Å²) in [6.07, 6.45) is 2.36. The monoisotopic (exact) mass is 325 g/mol. The Kier molecular flexibility index (Phi) is 4.75. The van der Waals surface area contributed by atoms with Crippen molar-refractivity contribution < 1.29 is 0 Å². The van der Waals surface area contributed by atoms with Gasteiger partial charge in [-0.2, -0.15) is 11.8 Å². The average molecular weight is 326 g/mol. The minimum atomic E-state index is 0.298. The number of nitrogens with zero attached hydrogens (tertiary/aromatic N) is 2. The highest BCUT2D eigenvalue weighted by molar-refractivity contribution is 7.98. The summed E-state index contributed by atoms with van der Waals surface area (Å²) in [5, 5.41) is 14.4. The second-order valence-electron chi connectivity index (χ2n) is 4.98. The Labute approximate surface area is 132 Å². The fraction of sp³-hybridized carbons (Fsp3) is 0.571. The molecular formula is C14H19N3S3. The van der Waals surface area contributed by atoms with Gasteiger partial charge in [-0.25, -0.2) is 0 Å². The van der Waals surface area contributed by atoms with Crippen LogP contribution in [0.4, 0.5) is 0 Å². The van der Waals surface area contributed by atoms with Gasteiger partial charge in [0, 0.05) is 10.6 Å². The number of rotatable bonds is 5. The van der Waals surface area contributed by atoms with Crippen molar-refractivity contribution in [1.29, 1.82) is 0 Å². The molecule has 0 radical (unpaired) electrons. The van der Waals surface area contributed by atoms with Crippen LogP contribution in [-0.4, -0.2) is 22.5 Å². The Morgan fingerprint density at radius 3 is 3.05 bits per heavy atom. The molecular weight excluding hydrogens is 306 g/mol. The van der Waals surface area contributed by atoms with Crippen molar-refractivity contribution in [2.75, 3.05) is 12.3 Å². The average Bonchev–Trinajstić information content (AvgIpc) is 3.10. The standard InChI is InChI=1S/C14H19N3S3/c1-3-5-15-9(2)13-16-17-14(20-13)12-7-10-8-18-6-4-11(10)19-12/h7,9,15H,3-6,8H2,1-2H3. The molecule has 6 heteroatoms. The van der Waals surface area contributed by atoms with Crippen molar-refractivity contribution in [3.05, 3.63) is 21.5 Å². The molecule has 1 unspecified atom stereocenters. The van der Waals surface area contributed by atoms with E-state index in [1.807, 2.05) is 23.1 Å². The predicted octanol–water partition coefficient (Wildman–Crippen LogP) is 4.12. The van der Waals surface area contributed by atoms with Crippen LogP contribution in [0, 0.1) is 0 Å². The molecule has 20 heavy (non-hydrogen) atoms. The van der Waals surface area contributed by atoms with Crippen LogP contribution in [0.2, 0.25) is 0 Å². The van der Waals surface area contributed by atoms with Gasteiger partial charge in [0.2, 0.25) is 0 Å². The Morgan fingerprint density at radius 1 is 1.35 bits per heavy atom. The highest BCUT2D eigenvalue weighted by Crippen LogP contribution is 2.38. The minimum absolute atomic E-state index is 0.298. The molecule has 0 amide bonds. The minimum Gasteiger partial charge on any atom is -0.308 e. The van der Waals surface area contributed by atoms with Crippen molar-refractivity contribution in [3.8, 4) is 9.88 Å². The molecule has 1 atom stereocenters. The SMILES string of the molecule is CCCNC(C)c1nnc(-c2cc3c(s2)CCSC3)s1. The van der Waals surface area contributed by atoms with Crippen LogP contribution in [0.1, 0.15) is 41.8 Å². The van der Waals surface area contributed by atoms with Crippen LogP contribution in [-0.2, 0) is 12.2 Å². The largest absolute Gasteiger partial charge is 0.308 e. The van der Waals surface area contributed by atoms with E-state index in [9.17, 15) is 0 Å². The van der Waals surface area contributed by atoms with E-state index in [1.54, 1.807) is 16.2 Å². The summed E-state index contributed by atoms with van der Waals surface area (Å²) in [7, 11) is 0. The summed E-state index contributed by atoms with van der Waals surface area (Å²) >= 11 is 5.66. The van der Waals surface area contributed by atoms with Gasteiger partial charge >= 0.3 is 0 Å². The van der Waals surface area contributed by atoms with Gasteiger partial charge in [-0.15, -0.1) is 21.5 Å². The van der Waals surface area contributed by atoms with Crippen LogP contribution in [0.3, 0.4) is 0 Å². The molecule has 3 rings (SSSR count). The molecule has 1 aliphatic rings. The molecule has 0 aromatic carbocycles. The molecule has 0 saturated heterocycles. The molecule has 3 heterocycles. The van der Waals surface area contributed by atoms with Gasteiger partial charge in [-0.05, 0) is 43.7 Å². The first kappa shape index (κ1) is 14.5. The van der Waals surface area contributed by atoms with Crippen molar-refractivity contribution >= 4 is 34.4 Å². The van der Waals surface area contributed by atoms with Crippen LogP contribution >= 0.6 is 34.4 Å². The Bertz CT molecular complexity index is 552. The number of hydrogen-bond acceptors (Lipinski definition) is 6. The summed E-state index contributed by atoms with van der Waals surface area (Å²) in [5.74, 6) is 2.41. The van der Waals surface area contributed by atoms with Crippen molar-refractivity contribution in [3.63, 3.8) is 0 Å². The summed E-state index contributed by atoms with van der Waals surface area (Å²) in [6.45, 7) is 5.37. The number of thioether (sulfide) groups is 1. The van der Waals surface area contributed by atoms with E-state index in [1.165, 1.54) is 22.6 Å². The number of hydrogen-bond donors (Lipinski definition) is 1. The van der Waals surface area contributed by atoms with Crippen LogP contribution < -0.4 is 5.32 Å². The second kappa shape index (κ2) is 6.56. The van der Waals surface area contributed by atoms with Crippen molar-refractivity contribution in [1.82, 2.24) is 15.5 Å². The quantitative estimate of drug-likeness (QED) is 0.897. The van der Waals surface area contributed by atoms with Gasteiger partial charge in [-0.1, -0.05) is 18.3 Å². The smallest absolute Gasteiger partial charge is 0.157 e. The molecule has 0 fully saturated rings. The summed E-state index contributed by atoms with van der Waals surface area (Å²) < 4.78 is 0. The number of nitrogens with one attached hydrogen (secondary N) is 1. The number of aromatic nitrogens is 2. The fourth-order valence-electron chi connectivity index (χ4n) is 2.21. The molecule has 1 aliphatic heterocycles. The van der Waals surface area contributed by atoms with E-state index in [0.29, 0.717) is 6.04 Å². The molecule has 0 spiro atoms. The second-order valence-corrected chi connectivity index (χ2v) is 8.23. The lowest BCUT2D eigenvalue weighted by Gasteiger charge is -2.08. The van der Waals surface area contributed by atoms with Crippen LogP contribution in [0.15, 0.2) is 6.07 Å². The van der Waals surface area contributed by atoms with Crippen molar-refractivity contribution in [2.45, 2.75) is 38.5 Å². The third-order valence-corrected chi connectivity index (χ3v) is 6.87. The zero-order chi connectivity index (χ0) is 13.9. The molecule has 3 nitrogen and oxygen atoms in total. The third-order valence-electron chi connectivity index (χ3n) is 3.35. The van der Waals surface area contributed by atoms with Gasteiger partial charge in [0.05, 0.1) is 10.9 Å². The predicted molar refractivity (Wildman–Crippen MR) is 89.8 cm³/mol. The maximum Gasteiger partial charge on any atom is 0.157 e. The maximum atomic E-state index is 4.39. The van der Waals surface area contributed by atoms with E-state index in [0.717, 1.165) is 28.7 Å². The lowest BCUT2D eigenvalue weighted by Crippen LogP contribution is -2.18. The first-order valence-electron chi connectivity index (χ1n) is 7.04. The first-order valence-corrected chi connectivity index (χ1v) is 9.83. The lowest BCUT2D eigenvalue weighted by molar-refractivity contribution is 0.564. The topological polar surface area (TPSA) is 37.8 Å². The molecule has 0 aliphatic carbocycles. The summed E-state index contributed by atoms with van der Waals surface area (Å²) in [6, 6.07) is 2.62. The van der Waals surface area contributed by atoms with Gasteiger partial charge < -0.3 is 5.32 Å². The molecule has 2 aromatic heterocycles. The van der Waals surface area contributed by atoms with Gasteiger partial charge in [0.1, 0.15) is 5.01 Å². The summed E-state index contributed by atoms with van der Waals surface area (Å²) in [5.41, 5.74) is 1.51. The third kappa shape index (κ3) is 3.08. The van der Waals surface area contributed by atoms with E-state index in [4.69, 9.17) is 0 Å². The molecule has 1 N–H and O–H groups in total. The molecule has 0 saturated carbocycles. The molecule has 0 bridgehead atoms. The van der Waals surface area contributed by atoms with Crippen molar-refractivity contribution in [2.24, 2.45) is 0 Å². The van der Waals surface area contributed by atoms with E-state index in [-0.39, 0.29) is 0 Å². The maximum absolute atomic E-state index is 4.39. The van der Waals surface area contributed by atoms with E-state index < -0.39 is 0 Å². The molecule has 2 aromatic rings. The fourth-order valence-corrected chi connectivity index (χ4v) is 5.49. The van der Waals surface area contributed by atoms with Gasteiger partial charge in [0.15, 0.2) is 5.01 Å². The Hall–Kier alpha value is -0.430. The number of fused-ring (bicyclic) bond motifs is 1. The van der Waals surface area contributed by atoms with Gasteiger partial charge in [-0.3, -0.25) is 0 Å². The highest BCUT2D eigenvalue weighted by atomic mass is 32.2. The first-order chi connectivity index (χ1) is 9.78. The summed E-state index contributed by atoms with van der Waals surface area (Å²) in [4.78, 5) is 2.84. The van der Waals surface area contributed by atoms with Crippen LogP contribution in [0.5, 0.6) is 0 Å².